The normalized spacial score (nSPS) is 18.0. The van der Waals surface area contributed by atoms with E-state index in [9.17, 15) is 4.79 Å². The van der Waals surface area contributed by atoms with Crippen LogP contribution in [-0.4, -0.2) is 57.2 Å². The lowest BCUT2D eigenvalue weighted by Crippen LogP contribution is -2.52. The summed E-state index contributed by atoms with van der Waals surface area (Å²) in [5.74, 6) is 1.40. The molecule has 1 heterocycles. The topological polar surface area (TPSA) is 62.8 Å². The molecule has 2 rings (SSSR count). The largest absolute Gasteiger partial charge is 0.493 e. The minimum Gasteiger partial charge on any atom is -0.493 e. The number of carbonyl (C=O) groups is 1. The van der Waals surface area contributed by atoms with Gasteiger partial charge in [-0.05, 0) is 24.6 Å². The van der Waals surface area contributed by atoms with Crippen LogP contribution in [0.25, 0.3) is 0 Å². The molecule has 1 saturated heterocycles. The molecule has 0 saturated carbocycles. The Morgan fingerprint density at radius 2 is 2.09 bits per heavy atom. The van der Waals surface area contributed by atoms with Crippen molar-refractivity contribution >= 4 is 18.3 Å². The lowest BCUT2D eigenvalue weighted by Gasteiger charge is -2.33. The molecule has 2 N–H and O–H groups in total. The molecule has 1 aliphatic heterocycles. The summed E-state index contributed by atoms with van der Waals surface area (Å²) in [6, 6.07) is 6.04. The SMILES string of the molecule is COc1ccc(CNC(=O)CN2CCNC[C@H]2C)cc1OC.Cl. The van der Waals surface area contributed by atoms with Crippen molar-refractivity contribution in [2.45, 2.75) is 19.5 Å². The van der Waals surface area contributed by atoms with E-state index in [1.807, 2.05) is 18.2 Å². The molecule has 1 fully saturated rings. The number of rotatable bonds is 6. The maximum atomic E-state index is 12.1. The summed E-state index contributed by atoms with van der Waals surface area (Å²) in [7, 11) is 3.21. The van der Waals surface area contributed by atoms with Crippen molar-refractivity contribution in [2.75, 3.05) is 40.4 Å². The number of methoxy groups -OCH3 is 2. The Morgan fingerprint density at radius 1 is 1.35 bits per heavy atom. The smallest absolute Gasteiger partial charge is 0.234 e. The van der Waals surface area contributed by atoms with E-state index in [0.29, 0.717) is 30.6 Å². The number of halogens is 1. The van der Waals surface area contributed by atoms with Gasteiger partial charge in [0.05, 0.1) is 20.8 Å². The van der Waals surface area contributed by atoms with Crippen molar-refractivity contribution in [3.05, 3.63) is 23.8 Å². The predicted octanol–water partition coefficient (Wildman–Crippen LogP) is 1.04. The first-order valence-electron chi connectivity index (χ1n) is 7.56. The zero-order valence-electron chi connectivity index (χ0n) is 13.9. The standard InChI is InChI=1S/C16H25N3O3.ClH/c1-12-9-17-6-7-19(12)11-16(20)18-10-13-4-5-14(21-2)15(8-13)22-3;/h4-5,8,12,17H,6-7,9-11H2,1-3H3,(H,18,20);1H/t12-;/m1./s1. The molecule has 1 aromatic rings. The van der Waals surface area contributed by atoms with Gasteiger partial charge in [0, 0.05) is 32.2 Å². The second kappa shape index (κ2) is 9.60. The number of piperazine rings is 1. The van der Waals surface area contributed by atoms with Gasteiger partial charge in [0.2, 0.25) is 5.91 Å². The molecule has 0 bridgehead atoms. The zero-order chi connectivity index (χ0) is 15.9. The minimum atomic E-state index is 0. The summed E-state index contributed by atoms with van der Waals surface area (Å²) < 4.78 is 10.5. The van der Waals surface area contributed by atoms with Crippen LogP contribution in [0.4, 0.5) is 0 Å². The highest BCUT2D eigenvalue weighted by Crippen LogP contribution is 2.27. The summed E-state index contributed by atoms with van der Waals surface area (Å²) in [5.41, 5.74) is 0.986. The Bertz CT molecular complexity index is 513. The van der Waals surface area contributed by atoms with Gasteiger partial charge in [-0.25, -0.2) is 0 Å². The third kappa shape index (κ3) is 5.57. The Morgan fingerprint density at radius 3 is 2.74 bits per heavy atom. The van der Waals surface area contributed by atoms with Crippen molar-refractivity contribution in [1.82, 2.24) is 15.5 Å². The fourth-order valence-electron chi connectivity index (χ4n) is 2.55. The predicted molar refractivity (Wildman–Crippen MR) is 92.5 cm³/mol. The van der Waals surface area contributed by atoms with E-state index < -0.39 is 0 Å². The first-order chi connectivity index (χ1) is 10.6. The van der Waals surface area contributed by atoms with Gasteiger partial charge in [0.15, 0.2) is 11.5 Å². The summed E-state index contributed by atoms with van der Waals surface area (Å²) in [4.78, 5) is 14.3. The van der Waals surface area contributed by atoms with Gasteiger partial charge in [0.1, 0.15) is 0 Å². The molecule has 1 atom stereocenters. The highest BCUT2D eigenvalue weighted by atomic mass is 35.5. The number of nitrogens with one attached hydrogen (secondary N) is 2. The van der Waals surface area contributed by atoms with Crippen LogP contribution in [0.5, 0.6) is 11.5 Å². The molecule has 1 aliphatic rings. The average Bonchev–Trinajstić information content (AvgIpc) is 2.54. The molecule has 0 spiro atoms. The number of hydrogen-bond donors (Lipinski definition) is 2. The molecular weight excluding hydrogens is 318 g/mol. The van der Waals surface area contributed by atoms with Crippen LogP contribution >= 0.6 is 12.4 Å². The van der Waals surface area contributed by atoms with Gasteiger partial charge in [-0.3, -0.25) is 9.69 Å². The van der Waals surface area contributed by atoms with Crippen LogP contribution in [-0.2, 0) is 11.3 Å². The summed E-state index contributed by atoms with van der Waals surface area (Å²) in [5, 5.41) is 6.28. The van der Waals surface area contributed by atoms with E-state index in [1.165, 1.54) is 0 Å². The zero-order valence-corrected chi connectivity index (χ0v) is 14.7. The maximum Gasteiger partial charge on any atom is 0.234 e. The fourth-order valence-corrected chi connectivity index (χ4v) is 2.55. The molecule has 7 heteroatoms. The third-order valence-corrected chi connectivity index (χ3v) is 3.92. The molecule has 6 nitrogen and oxygen atoms in total. The van der Waals surface area contributed by atoms with Gasteiger partial charge in [-0.1, -0.05) is 6.07 Å². The first kappa shape index (κ1) is 19.5. The maximum absolute atomic E-state index is 12.1. The number of amides is 1. The van der Waals surface area contributed by atoms with Crippen molar-refractivity contribution in [3.8, 4) is 11.5 Å². The highest BCUT2D eigenvalue weighted by Gasteiger charge is 2.20. The molecule has 0 aliphatic carbocycles. The molecule has 0 unspecified atom stereocenters. The van der Waals surface area contributed by atoms with E-state index in [1.54, 1.807) is 14.2 Å². The van der Waals surface area contributed by atoms with E-state index in [4.69, 9.17) is 9.47 Å². The van der Waals surface area contributed by atoms with Crippen LogP contribution in [0.15, 0.2) is 18.2 Å². The second-order valence-electron chi connectivity index (χ2n) is 5.49. The number of benzene rings is 1. The van der Waals surface area contributed by atoms with Gasteiger partial charge < -0.3 is 20.1 Å². The van der Waals surface area contributed by atoms with Crippen LogP contribution in [0.2, 0.25) is 0 Å². The molecular formula is C16H26ClN3O3. The molecule has 0 radical (unpaired) electrons. The molecule has 0 aromatic heterocycles. The lowest BCUT2D eigenvalue weighted by atomic mass is 10.2. The first-order valence-corrected chi connectivity index (χ1v) is 7.56. The highest BCUT2D eigenvalue weighted by molar-refractivity contribution is 5.85. The van der Waals surface area contributed by atoms with Crippen LogP contribution in [0.3, 0.4) is 0 Å². The number of nitrogens with zero attached hydrogens (tertiary/aromatic N) is 1. The summed E-state index contributed by atoms with van der Waals surface area (Å²) in [6.07, 6.45) is 0. The number of carbonyl (C=O) groups excluding carboxylic acids is 1. The minimum absolute atomic E-state index is 0. The van der Waals surface area contributed by atoms with Crippen molar-refractivity contribution < 1.29 is 14.3 Å². The number of ether oxygens (including phenoxy) is 2. The van der Waals surface area contributed by atoms with Crippen LogP contribution in [0, 0.1) is 0 Å². The quantitative estimate of drug-likeness (QED) is 0.808. The Labute approximate surface area is 143 Å². The van der Waals surface area contributed by atoms with Gasteiger partial charge in [0.25, 0.3) is 0 Å². The van der Waals surface area contributed by atoms with Crippen molar-refractivity contribution in [3.63, 3.8) is 0 Å². The Balaban J connectivity index is 0.00000264. The van der Waals surface area contributed by atoms with Crippen LogP contribution < -0.4 is 20.1 Å². The summed E-state index contributed by atoms with van der Waals surface area (Å²) in [6.45, 7) is 5.84. The summed E-state index contributed by atoms with van der Waals surface area (Å²) >= 11 is 0. The molecule has 130 valence electrons. The van der Waals surface area contributed by atoms with Crippen molar-refractivity contribution in [1.29, 1.82) is 0 Å². The third-order valence-electron chi connectivity index (χ3n) is 3.92. The van der Waals surface area contributed by atoms with Gasteiger partial charge in [-0.2, -0.15) is 0 Å². The van der Waals surface area contributed by atoms with Crippen LogP contribution in [0.1, 0.15) is 12.5 Å². The van der Waals surface area contributed by atoms with Gasteiger partial charge in [-0.15, -0.1) is 12.4 Å². The number of hydrogen-bond acceptors (Lipinski definition) is 5. The lowest BCUT2D eigenvalue weighted by molar-refractivity contribution is -0.123. The van der Waals surface area contributed by atoms with E-state index in [0.717, 1.165) is 25.2 Å². The Hall–Kier alpha value is -1.50. The fraction of sp³-hybridized carbons (Fsp3) is 0.562. The monoisotopic (exact) mass is 343 g/mol. The average molecular weight is 344 g/mol. The van der Waals surface area contributed by atoms with Gasteiger partial charge >= 0.3 is 0 Å². The van der Waals surface area contributed by atoms with E-state index >= 15 is 0 Å². The van der Waals surface area contributed by atoms with E-state index in [2.05, 4.69) is 22.5 Å². The molecule has 23 heavy (non-hydrogen) atoms. The molecule has 1 aromatic carbocycles. The second-order valence-corrected chi connectivity index (χ2v) is 5.49. The molecule has 1 amide bonds. The van der Waals surface area contributed by atoms with E-state index in [-0.39, 0.29) is 18.3 Å². The van der Waals surface area contributed by atoms with Crippen molar-refractivity contribution in [2.24, 2.45) is 0 Å². The Kier molecular flexibility index (Phi) is 8.16.